The number of rotatable bonds is 4. The Morgan fingerprint density at radius 3 is 2.67 bits per heavy atom. The zero-order valence-corrected chi connectivity index (χ0v) is 11.1. The molecule has 1 aromatic carbocycles. The van der Waals surface area contributed by atoms with E-state index in [4.69, 9.17) is 11.0 Å². The number of likely N-dealkylation sites (N-methyl/N-ethyl adjacent to an activating group) is 1. The quantitative estimate of drug-likeness (QED) is 0.880. The van der Waals surface area contributed by atoms with E-state index in [1.54, 1.807) is 31.3 Å². The number of carbonyl (C=O) groups excluding carboxylic acids is 1. The maximum atomic E-state index is 12.2. The molecule has 4 nitrogen and oxygen atoms in total. The number of carbonyl (C=O) groups is 1. The number of nitrogens with two attached hydrogens (primary N) is 1. The summed E-state index contributed by atoms with van der Waals surface area (Å²) in [5.74, 6) is -0.0405. The molecule has 4 heteroatoms. The molecule has 0 saturated heterocycles. The summed E-state index contributed by atoms with van der Waals surface area (Å²) in [6.45, 7) is 3.95. The molecular weight excluding hydrogens is 226 g/mol. The van der Waals surface area contributed by atoms with Crippen molar-refractivity contribution >= 4 is 11.6 Å². The summed E-state index contributed by atoms with van der Waals surface area (Å²) in [7, 11) is 1.65. The molecule has 2 atom stereocenters. The Hall–Kier alpha value is -1.86. The summed E-state index contributed by atoms with van der Waals surface area (Å²) in [4.78, 5) is 13.7. The SMILES string of the molecule is CC[C@H](C)[C@H](N)C(=O)N(C)c1ccccc1C#N. The normalized spacial score (nSPS) is 13.5. The first-order valence-corrected chi connectivity index (χ1v) is 6.05. The van der Waals surface area contributed by atoms with Crippen LogP contribution in [0, 0.1) is 17.2 Å². The van der Waals surface area contributed by atoms with Crippen LogP contribution >= 0.6 is 0 Å². The number of nitrogens with zero attached hydrogens (tertiary/aromatic N) is 2. The highest BCUT2D eigenvalue weighted by Gasteiger charge is 2.24. The van der Waals surface area contributed by atoms with E-state index in [9.17, 15) is 4.79 Å². The molecule has 0 spiro atoms. The summed E-state index contributed by atoms with van der Waals surface area (Å²) in [6, 6.07) is 8.55. The first-order valence-electron chi connectivity index (χ1n) is 6.05. The first kappa shape index (κ1) is 14.2. The number of hydrogen-bond acceptors (Lipinski definition) is 3. The Morgan fingerprint density at radius 2 is 2.11 bits per heavy atom. The fourth-order valence-electron chi connectivity index (χ4n) is 1.70. The van der Waals surface area contributed by atoms with Gasteiger partial charge in [0.25, 0.3) is 0 Å². The van der Waals surface area contributed by atoms with Gasteiger partial charge >= 0.3 is 0 Å². The van der Waals surface area contributed by atoms with Crippen LogP contribution in [0.5, 0.6) is 0 Å². The fourth-order valence-corrected chi connectivity index (χ4v) is 1.70. The summed E-state index contributed by atoms with van der Waals surface area (Å²) in [6.07, 6.45) is 0.848. The Labute approximate surface area is 108 Å². The van der Waals surface area contributed by atoms with Crippen molar-refractivity contribution in [3.05, 3.63) is 29.8 Å². The summed E-state index contributed by atoms with van der Waals surface area (Å²) >= 11 is 0. The Morgan fingerprint density at radius 1 is 1.50 bits per heavy atom. The Balaban J connectivity index is 2.97. The molecule has 0 aliphatic rings. The van der Waals surface area contributed by atoms with Gasteiger partial charge in [0.1, 0.15) is 6.07 Å². The Kier molecular flexibility index (Phi) is 4.87. The monoisotopic (exact) mass is 245 g/mol. The number of amides is 1. The van der Waals surface area contributed by atoms with Crippen LogP contribution in [0.3, 0.4) is 0 Å². The molecule has 1 rings (SSSR count). The maximum Gasteiger partial charge on any atom is 0.243 e. The smallest absolute Gasteiger partial charge is 0.243 e. The lowest BCUT2D eigenvalue weighted by atomic mass is 9.98. The molecule has 0 saturated carbocycles. The van der Waals surface area contributed by atoms with E-state index in [0.717, 1.165) is 6.42 Å². The van der Waals surface area contributed by atoms with Crippen molar-refractivity contribution < 1.29 is 4.79 Å². The van der Waals surface area contributed by atoms with Gasteiger partial charge < -0.3 is 10.6 Å². The highest BCUT2D eigenvalue weighted by molar-refractivity contribution is 5.97. The van der Waals surface area contributed by atoms with Crippen LogP contribution in [0.4, 0.5) is 5.69 Å². The van der Waals surface area contributed by atoms with Gasteiger partial charge in [-0.15, -0.1) is 0 Å². The molecule has 0 aliphatic carbocycles. The largest absolute Gasteiger partial charge is 0.320 e. The molecule has 18 heavy (non-hydrogen) atoms. The molecule has 1 amide bonds. The minimum absolute atomic E-state index is 0.120. The van der Waals surface area contributed by atoms with Crippen LogP contribution < -0.4 is 10.6 Å². The lowest BCUT2D eigenvalue weighted by molar-refractivity contribution is -0.120. The van der Waals surface area contributed by atoms with Crippen molar-refractivity contribution in [2.45, 2.75) is 26.3 Å². The van der Waals surface area contributed by atoms with Crippen molar-refractivity contribution in [2.24, 2.45) is 11.7 Å². The highest BCUT2D eigenvalue weighted by atomic mass is 16.2. The summed E-state index contributed by atoms with van der Waals surface area (Å²) < 4.78 is 0. The van der Waals surface area contributed by atoms with E-state index in [1.807, 2.05) is 13.8 Å². The van der Waals surface area contributed by atoms with Gasteiger partial charge in [0.15, 0.2) is 0 Å². The standard InChI is InChI=1S/C14H19N3O/c1-4-10(2)13(16)14(18)17(3)12-8-6-5-7-11(12)9-15/h5-8,10,13H,4,16H2,1-3H3/t10-,13-/m0/s1. The fraction of sp³-hybridized carbons (Fsp3) is 0.429. The molecule has 0 heterocycles. The van der Waals surface area contributed by atoms with Crippen molar-refractivity contribution in [1.82, 2.24) is 0 Å². The van der Waals surface area contributed by atoms with Gasteiger partial charge in [-0.25, -0.2) is 0 Å². The molecule has 0 radical (unpaired) electrons. The van der Waals surface area contributed by atoms with Crippen LogP contribution in [-0.2, 0) is 4.79 Å². The lowest BCUT2D eigenvalue weighted by Crippen LogP contribution is -2.45. The van der Waals surface area contributed by atoms with E-state index in [0.29, 0.717) is 11.3 Å². The average Bonchev–Trinajstić information content (AvgIpc) is 2.43. The second-order valence-electron chi connectivity index (χ2n) is 4.44. The topological polar surface area (TPSA) is 70.1 Å². The van der Waals surface area contributed by atoms with Gasteiger partial charge in [-0.05, 0) is 18.1 Å². The molecule has 1 aromatic rings. The molecule has 0 bridgehead atoms. The highest BCUT2D eigenvalue weighted by Crippen LogP contribution is 2.20. The molecule has 0 unspecified atom stereocenters. The number of nitriles is 1. The van der Waals surface area contributed by atoms with Crippen molar-refractivity contribution in [2.75, 3.05) is 11.9 Å². The average molecular weight is 245 g/mol. The predicted molar refractivity (Wildman–Crippen MR) is 72.0 cm³/mol. The lowest BCUT2D eigenvalue weighted by Gasteiger charge is -2.25. The number of para-hydroxylation sites is 1. The number of benzene rings is 1. The Bertz CT molecular complexity index is 464. The number of hydrogen-bond donors (Lipinski definition) is 1. The maximum absolute atomic E-state index is 12.2. The van der Waals surface area contributed by atoms with Gasteiger partial charge in [-0.1, -0.05) is 32.4 Å². The van der Waals surface area contributed by atoms with Crippen molar-refractivity contribution in [3.8, 4) is 6.07 Å². The van der Waals surface area contributed by atoms with Crippen LogP contribution in [0.1, 0.15) is 25.8 Å². The van der Waals surface area contributed by atoms with Crippen molar-refractivity contribution in [1.29, 1.82) is 5.26 Å². The molecular formula is C14H19N3O. The van der Waals surface area contributed by atoms with Crippen LogP contribution in [0.25, 0.3) is 0 Å². The van der Waals surface area contributed by atoms with Gasteiger partial charge in [0, 0.05) is 7.05 Å². The van der Waals surface area contributed by atoms with Gasteiger partial charge in [-0.2, -0.15) is 5.26 Å². The zero-order chi connectivity index (χ0) is 13.7. The molecule has 0 fully saturated rings. The van der Waals surface area contributed by atoms with E-state index >= 15 is 0 Å². The van der Waals surface area contributed by atoms with E-state index in [1.165, 1.54) is 4.90 Å². The molecule has 0 aromatic heterocycles. The second-order valence-corrected chi connectivity index (χ2v) is 4.44. The van der Waals surface area contributed by atoms with E-state index in [-0.39, 0.29) is 11.8 Å². The van der Waals surface area contributed by atoms with Gasteiger partial charge in [-0.3, -0.25) is 4.79 Å². The molecule has 2 N–H and O–H groups in total. The molecule has 0 aliphatic heterocycles. The van der Waals surface area contributed by atoms with Crippen LogP contribution in [0.2, 0.25) is 0 Å². The van der Waals surface area contributed by atoms with Gasteiger partial charge in [0.05, 0.1) is 17.3 Å². The summed E-state index contributed by atoms with van der Waals surface area (Å²) in [5.41, 5.74) is 7.00. The summed E-state index contributed by atoms with van der Waals surface area (Å²) in [5, 5.41) is 9.02. The minimum atomic E-state index is -0.535. The minimum Gasteiger partial charge on any atom is -0.320 e. The van der Waals surface area contributed by atoms with E-state index < -0.39 is 6.04 Å². The van der Waals surface area contributed by atoms with Gasteiger partial charge in [0.2, 0.25) is 5.91 Å². The third kappa shape index (κ3) is 2.88. The third-order valence-electron chi connectivity index (χ3n) is 3.26. The zero-order valence-electron chi connectivity index (χ0n) is 11.1. The van der Waals surface area contributed by atoms with E-state index in [2.05, 4.69) is 6.07 Å². The first-order chi connectivity index (χ1) is 8.52. The van der Waals surface area contributed by atoms with Crippen LogP contribution in [0.15, 0.2) is 24.3 Å². The van der Waals surface area contributed by atoms with Crippen LogP contribution in [-0.4, -0.2) is 19.0 Å². The predicted octanol–water partition coefficient (Wildman–Crippen LogP) is 1.89. The number of anilines is 1. The molecule has 96 valence electrons. The van der Waals surface area contributed by atoms with Crippen molar-refractivity contribution in [3.63, 3.8) is 0 Å². The second kappa shape index (κ2) is 6.18. The third-order valence-corrected chi connectivity index (χ3v) is 3.26.